The summed E-state index contributed by atoms with van der Waals surface area (Å²) in [5, 5.41) is 0. The topological polar surface area (TPSA) is 6.48 Å². The van der Waals surface area contributed by atoms with E-state index in [1.807, 2.05) is 0 Å². The average molecular weight is 286 g/mol. The molecular formula is C19H30N2. The summed E-state index contributed by atoms with van der Waals surface area (Å²) >= 11 is 0. The molecule has 116 valence electrons. The summed E-state index contributed by atoms with van der Waals surface area (Å²) in [5.74, 6) is 0.707. The lowest BCUT2D eigenvalue weighted by molar-refractivity contribution is 0.100. The molecule has 0 N–H and O–H groups in total. The molecule has 2 heteroatoms. The summed E-state index contributed by atoms with van der Waals surface area (Å²) in [5.41, 5.74) is 2.87. The van der Waals surface area contributed by atoms with Gasteiger partial charge in [-0.1, -0.05) is 39.3 Å². The van der Waals surface area contributed by atoms with Crippen LogP contribution in [0.25, 0.3) is 0 Å². The first-order valence-electron chi connectivity index (χ1n) is 8.78. The summed E-state index contributed by atoms with van der Waals surface area (Å²) in [6.45, 7) is 10.8. The molecule has 1 aromatic rings. The summed E-state index contributed by atoms with van der Waals surface area (Å²) in [4.78, 5) is 5.45. The van der Waals surface area contributed by atoms with E-state index in [-0.39, 0.29) is 0 Å². The summed E-state index contributed by atoms with van der Waals surface area (Å²) in [6.07, 6.45) is 5.32. The van der Waals surface area contributed by atoms with E-state index in [9.17, 15) is 0 Å². The molecule has 2 heterocycles. The maximum Gasteiger partial charge on any atom is 0.0440 e. The van der Waals surface area contributed by atoms with Crippen LogP contribution in [-0.4, -0.2) is 36.6 Å². The van der Waals surface area contributed by atoms with Crippen LogP contribution >= 0.6 is 0 Å². The molecule has 2 aliphatic heterocycles. The van der Waals surface area contributed by atoms with Gasteiger partial charge in [-0.3, -0.25) is 4.90 Å². The van der Waals surface area contributed by atoms with Crippen LogP contribution in [0.1, 0.15) is 45.6 Å². The number of hydrogen-bond acceptors (Lipinski definition) is 2. The number of rotatable bonds is 3. The Morgan fingerprint density at radius 3 is 2.52 bits per heavy atom. The van der Waals surface area contributed by atoms with Crippen molar-refractivity contribution in [2.75, 3.05) is 24.5 Å². The van der Waals surface area contributed by atoms with E-state index in [0.717, 1.165) is 12.5 Å². The van der Waals surface area contributed by atoms with Gasteiger partial charge in [-0.15, -0.1) is 0 Å². The van der Waals surface area contributed by atoms with Crippen molar-refractivity contribution in [3.05, 3.63) is 29.8 Å². The van der Waals surface area contributed by atoms with Gasteiger partial charge < -0.3 is 4.90 Å². The second-order valence-electron chi connectivity index (χ2n) is 7.13. The van der Waals surface area contributed by atoms with Crippen LogP contribution in [0.4, 0.5) is 5.69 Å². The lowest BCUT2D eigenvalue weighted by Gasteiger charge is -2.50. The molecular weight excluding hydrogens is 256 g/mol. The molecule has 1 aromatic carbocycles. The molecule has 3 rings (SSSR count). The van der Waals surface area contributed by atoms with E-state index in [1.54, 1.807) is 0 Å². The molecule has 0 aliphatic carbocycles. The lowest BCUT2D eigenvalue weighted by Crippen LogP contribution is -2.61. The molecule has 0 aromatic heterocycles. The Morgan fingerprint density at radius 2 is 1.86 bits per heavy atom. The number of nitrogens with zero attached hydrogens (tertiary/aromatic N) is 2. The number of piperidine rings is 1. The van der Waals surface area contributed by atoms with E-state index >= 15 is 0 Å². The number of aryl methyl sites for hydroxylation is 1. The van der Waals surface area contributed by atoms with Crippen LogP contribution in [0.3, 0.4) is 0 Å². The van der Waals surface area contributed by atoms with Crippen molar-refractivity contribution in [2.24, 2.45) is 5.92 Å². The van der Waals surface area contributed by atoms with E-state index in [1.165, 1.54) is 50.1 Å². The minimum absolute atomic E-state index is 0.659. The quantitative estimate of drug-likeness (QED) is 0.830. The van der Waals surface area contributed by atoms with Crippen LogP contribution < -0.4 is 4.90 Å². The van der Waals surface area contributed by atoms with Gasteiger partial charge in [0.05, 0.1) is 0 Å². The number of fused-ring (bicyclic) bond motifs is 1. The fraction of sp³-hybridized carbons (Fsp3) is 0.684. The Morgan fingerprint density at radius 1 is 1.10 bits per heavy atom. The number of anilines is 1. The molecule has 0 saturated carbocycles. The zero-order valence-electron chi connectivity index (χ0n) is 13.9. The molecule has 2 atom stereocenters. The smallest absolute Gasteiger partial charge is 0.0440 e. The third-order valence-corrected chi connectivity index (χ3v) is 5.42. The highest BCUT2D eigenvalue weighted by Crippen LogP contribution is 2.31. The minimum atomic E-state index is 0.659. The molecule has 0 amide bonds. The number of hydrogen-bond donors (Lipinski definition) is 0. The predicted molar refractivity (Wildman–Crippen MR) is 91.0 cm³/mol. The van der Waals surface area contributed by atoms with Gasteiger partial charge in [0.25, 0.3) is 0 Å². The largest absolute Gasteiger partial charge is 0.365 e. The van der Waals surface area contributed by atoms with Crippen LogP contribution in [0, 0.1) is 5.92 Å². The first-order chi connectivity index (χ1) is 10.2. The molecule has 2 fully saturated rings. The predicted octanol–water partition coefficient (Wildman–Crippen LogP) is 3.95. The zero-order chi connectivity index (χ0) is 14.8. The maximum absolute atomic E-state index is 2.76. The summed E-state index contributed by atoms with van der Waals surface area (Å²) < 4.78 is 0. The minimum Gasteiger partial charge on any atom is -0.365 e. The van der Waals surface area contributed by atoms with Crippen LogP contribution in [0.15, 0.2) is 24.3 Å². The second-order valence-corrected chi connectivity index (χ2v) is 7.13. The van der Waals surface area contributed by atoms with Crippen molar-refractivity contribution in [3.8, 4) is 0 Å². The third kappa shape index (κ3) is 3.11. The SMILES string of the molecule is CCc1ccc(N2CC3CCCCN3CC2C(C)C)cc1. The second kappa shape index (κ2) is 6.39. The van der Waals surface area contributed by atoms with Crippen LogP contribution in [-0.2, 0) is 6.42 Å². The van der Waals surface area contributed by atoms with Crippen LogP contribution in [0.2, 0.25) is 0 Å². The molecule has 0 radical (unpaired) electrons. The van der Waals surface area contributed by atoms with Crippen molar-refractivity contribution < 1.29 is 0 Å². The summed E-state index contributed by atoms with van der Waals surface area (Å²) in [7, 11) is 0. The van der Waals surface area contributed by atoms with Gasteiger partial charge >= 0.3 is 0 Å². The average Bonchev–Trinajstić information content (AvgIpc) is 2.53. The van der Waals surface area contributed by atoms with Crippen molar-refractivity contribution in [1.29, 1.82) is 0 Å². The highest BCUT2D eigenvalue weighted by Gasteiger charge is 2.36. The Hall–Kier alpha value is -1.02. The first-order valence-corrected chi connectivity index (χ1v) is 8.78. The van der Waals surface area contributed by atoms with E-state index in [2.05, 4.69) is 54.8 Å². The van der Waals surface area contributed by atoms with Crippen molar-refractivity contribution in [3.63, 3.8) is 0 Å². The van der Waals surface area contributed by atoms with Gasteiger partial charge in [0, 0.05) is 30.9 Å². The molecule has 0 bridgehead atoms. The lowest BCUT2D eigenvalue weighted by atomic mass is 9.91. The van der Waals surface area contributed by atoms with E-state index in [0.29, 0.717) is 12.0 Å². The molecule has 2 nitrogen and oxygen atoms in total. The third-order valence-electron chi connectivity index (χ3n) is 5.42. The van der Waals surface area contributed by atoms with Crippen molar-refractivity contribution >= 4 is 5.69 Å². The standard InChI is InChI=1S/C19H30N2/c1-4-16-8-10-17(11-9-16)21-13-18-7-5-6-12-20(18)14-19(21)15(2)3/h8-11,15,18-19H,4-7,12-14H2,1-3H3. The van der Waals surface area contributed by atoms with E-state index in [4.69, 9.17) is 0 Å². The van der Waals surface area contributed by atoms with Crippen molar-refractivity contribution in [1.82, 2.24) is 4.90 Å². The fourth-order valence-electron chi connectivity index (χ4n) is 4.00. The molecule has 0 spiro atoms. The van der Waals surface area contributed by atoms with Gasteiger partial charge in [-0.25, -0.2) is 0 Å². The Kier molecular flexibility index (Phi) is 4.54. The van der Waals surface area contributed by atoms with Gasteiger partial charge in [0.15, 0.2) is 0 Å². The highest BCUT2D eigenvalue weighted by molar-refractivity contribution is 5.49. The van der Waals surface area contributed by atoms with Gasteiger partial charge in [-0.05, 0) is 49.4 Å². The fourth-order valence-corrected chi connectivity index (χ4v) is 4.00. The maximum atomic E-state index is 2.76. The Labute approximate surface area is 130 Å². The molecule has 2 unspecified atom stereocenters. The zero-order valence-corrected chi connectivity index (χ0v) is 13.9. The first kappa shape index (κ1) is 14.9. The monoisotopic (exact) mass is 286 g/mol. The highest BCUT2D eigenvalue weighted by atomic mass is 15.3. The number of piperazine rings is 1. The van der Waals surface area contributed by atoms with Gasteiger partial charge in [0.2, 0.25) is 0 Å². The van der Waals surface area contributed by atoms with Gasteiger partial charge in [0.1, 0.15) is 0 Å². The normalized spacial score (nSPS) is 27.0. The van der Waals surface area contributed by atoms with E-state index < -0.39 is 0 Å². The Balaban J connectivity index is 1.82. The molecule has 21 heavy (non-hydrogen) atoms. The summed E-state index contributed by atoms with van der Waals surface area (Å²) in [6, 6.07) is 10.7. The number of benzene rings is 1. The molecule has 2 aliphatic rings. The van der Waals surface area contributed by atoms with Crippen molar-refractivity contribution in [2.45, 2.75) is 58.5 Å². The van der Waals surface area contributed by atoms with Crippen LogP contribution in [0.5, 0.6) is 0 Å². The van der Waals surface area contributed by atoms with Gasteiger partial charge in [-0.2, -0.15) is 0 Å². The Bertz CT molecular complexity index is 451. The molecule has 2 saturated heterocycles.